The molecule has 21 heavy (non-hydrogen) atoms. The van der Waals surface area contributed by atoms with E-state index < -0.39 is 0 Å². The Morgan fingerprint density at radius 1 is 1.14 bits per heavy atom. The minimum atomic E-state index is -0.320. The summed E-state index contributed by atoms with van der Waals surface area (Å²) in [6, 6.07) is 10.7. The maximum absolute atomic E-state index is 13.4. The van der Waals surface area contributed by atoms with Gasteiger partial charge in [-0.05, 0) is 57.9 Å². The van der Waals surface area contributed by atoms with Gasteiger partial charge in [-0.1, -0.05) is 6.07 Å². The van der Waals surface area contributed by atoms with Crippen molar-refractivity contribution in [3.05, 3.63) is 64.1 Å². The quantitative estimate of drug-likeness (QED) is 0.897. The summed E-state index contributed by atoms with van der Waals surface area (Å²) in [7, 11) is 0. The Balaban J connectivity index is 1.98. The van der Waals surface area contributed by atoms with E-state index in [1.807, 2.05) is 4.90 Å². The molecule has 6 heteroatoms. The molecule has 0 radical (unpaired) electrons. The lowest BCUT2D eigenvalue weighted by Gasteiger charge is -2.26. The molecule has 3 rings (SSSR count). The fourth-order valence-electron chi connectivity index (χ4n) is 2.39. The van der Waals surface area contributed by atoms with Crippen LogP contribution in [0.5, 0.6) is 0 Å². The van der Waals surface area contributed by atoms with Crippen LogP contribution in [0.4, 0.5) is 14.5 Å². The Bertz CT molecular complexity index is 701. The minimum absolute atomic E-state index is 0.132. The fourth-order valence-corrected chi connectivity index (χ4v) is 2.78. The van der Waals surface area contributed by atoms with Crippen LogP contribution in [0.1, 0.15) is 11.6 Å². The van der Waals surface area contributed by atoms with Crippen molar-refractivity contribution < 1.29 is 8.78 Å². The molecule has 0 fully saturated rings. The molecule has 0 saturated carbocycles. The zero-order chi connectivity index (χ0) is 15.0. The van der Waals surface area contributed by atoms with E-state index in [0.29, 0.717) is 17.0 Å². The molecule has 1 atom stereocenters. The van der Waals surface area contributed by atoms with Crippen molar-refractivity contribution in [1.29, 1.82) is 0 Å². The number of hydrogen-bond donors (Lipinski definition) is 1. The number of nitrogens with two attached hydrogens (primary N) is 1. The summed E-state index contributed by atoms with van der Waals surface area (Å²) in [5, 5.41) is 0. The van der Waals surface area contributed by atoms with Gasteiger partial charge in [-0.3, -0.25) is 4.99 Å². The second-order valence-electron chi connectivity index (χ2n) is 4.73. The summed E-state index contributed by atoms with van der Waals surface area (Å²) in [6.07, 6.45) is 0. The Morgan fingerprint density at radius 2 is 1.86 bits per heavy atom. The van der Waals surface area contributed by atoms with Gasteiger partial charge in [-0.15, -0.1) is 0 Å². The molecule has 0 saturated heterocycles. The van der Waals surface area contributed by atoms with E-state index in [1.54, 1.807) is 24.3 Å². The third kappa shape index (κ3) is 2.63. The van der Waals surface area contributed by atoms with Crippen molar-refractivity contribution in [2.24, 2.45) is 10.7 Å². The molecule has 2 N–H and O–H groups in total. The summed E-state index contributed by atoms with van der Waals surface area (Å²) in [5.74, 6) is -0.263. The van der Waals surface area contributed by atoms with Gasteiger partial charge in [-0.25, -0.2) is 8.78 Å². The van der Waals surface area contributed by atoms with E-state index in [2.05, 4.69) is 20.9 Å². The number of guanidine groups is 1. The maximum atomic E-state index is 13.4. The molecule has 0 aromatic heterocycles. The minimum Gasteiger partial charge on any atom is -0.369 e. The van der Waals surface area contributed by atoms with Crippen LogP contribution in [0.15, 0.2) is 51.9 Å². The van der Waals surface area contributed by atoms with Gasteiger partial charge in [0, 0.05) is 5.69 Å². The zero-order valence-electron chi connectivity index (χ0n) is 10.9. The molecule has 3 nitrogen and oxygen atoms in total. The zero-order valence-corrected chi connectivity index (χ0v) is 12.5. The Labute approximate surface area is 129 Å². The number of hydrogen-bond acceptors (Lipinski definition) is 3. The number of nitrogens with zero attached hydrogens (tertiary/aromatic N) is 2. The second-order valence-corrected chi connectivity index (χ2v) is 5.59. The van der Waals surface area contributed by atoms with Gasteiger partial charge < -0.3 is 10.6 Å². The average molecular weight is 352 g/mol. The largest absolute Gasteiger partial charge is 0.369 e. The Kier molecular flexibility index (Phi) is 3.63. The average Bonchev–Trinajstić information content (AvgIpc) is 2.85. The number of halogens is 3. The SMILES string of the molecule is NC1=NCC(c2ccc(F)c(Br)c2)N1c1ccc(F)cc1. The van der Waals surface area contributed by atoms with Crippen LogP contribution in [0.25, 0.3) is 0 Å². The maximum Gasteiger partial charge on any atom is 0.196 e. The van der Waals surface area contributed by atoms with E-state index in [9.17, 15) is 8.78 Å². The first-order valence-electron chi connectivity index (χ1n) is 6.36. The van der Waals surface area contributed by atoms with Crippen molar-refractivity contribution in [2.75, 3.05) is 11.4 Å². The van der Waals surface area contributed by atoms with Crippen molar-refractivity contribution in [3.63, 3.8) is 0 Å². The third-order valence-electron chi connectivity index (χ3n) is 3.42. The van der Waals surface area contributed by atoms with Gasteiger partial charge in [0.2, 0.25) is 0 Å². The van der Waals surface area contributed by atoms with E-state index >= 15 is 0 Å². The lowest BCUT2D eigenvalue weighted by molar-refractivity contribution is 0.618. The van der Waals surface area contributed by atoms with Gasteiger partial charge in [0.05, 0.1) is 17.1 Å². The Hall–Kier alpha value is -1.95. The molecule has 2 aromatic rings. The highest BCUT2D eigenvalue weighted by molar-refractivity contribution is 9.10. The highest BCUT2D eigenvalue weighted by Gasteiger charge is 2.29. The van der Waals surface area contributed by atoms with Gasteiger partial charge >= 0.3 is 0 Å². The molecule has 1 unspecified atom stereocenters. The van der Waals surface area contributed by atoms with Crippen LogP contribution in [0, 0.1) is 11.6 Å². The number of aliphatic imine (C=N–C) groups is 1. The topological polar surface area (TPSA) is 41.6 Å². The Morgan fingerprint density at radius 3 is 2.52 bits per heavy atom. The van der Waals surface area contributed by atoms with Crippen molar-refractivity contribution in [3.8, 4) is 0 Å². The number of benzene rings is 2. The van der Waals surface area contributed by atoms with E-state index in [-0.39, 0.29) is 17.7 Å². The van der Waals surface area contributed by atoms with Crippen LogP contribution in [-0.4, -0.2) is 12.5 Å². The molecule has 0 aliphatic carbocycles. The van der Waals surface area contributed by atoms with Crippen molar-refractivity contribution in [2.45, 2.75) is 6.04 Å². The molecule has 0 bridgehead atoms. The van der Waals surface area contributed by atoms with E-state index in [1.165, 1.54) is 18.2 Å². The summed E-state index contributed by atoms with van der Waals surface area (Å²) in [6.45, 7) is 0.473. The monoisotopic (exact) mass is 351 g/mol. The predicted molar refractivity (Wildman–Crippen MR) is 82.2 cm³/mol. The second kappa shape index (κ2) is 5.44. The molecule has 1 heterocycles. The summed E-state index contributed by atoms with van der Waals surface area (Å²) in [5.41, 5.74) is 7.58. The molecular formula is C15H12BrF2N3. The van der Waals surface area contributed by atoms with Crippen LogP contribution in [-0.2, 0) is 0 Å². The normalized spacial score (nSPS) is 18.0. The van der Waals surface area contributed by atoms with Crippen molar-refractivity contribution in [1.82, 2.24) is 0 Å². The van der Waals surface area contributed by atoms with Crippen molar-refractivity contribution >= 4 is 27.6 Å². The molecule has 1 aliphatic rings. The first-order valence-corrected chi connectivity index (χ1v) is 7.15. The highest BCUT2D eigenvalue weighted by Crippen LogP contribution is 2.32. The standard InChI is InChI=1S/C15H12BrF2N3/c16-12-7-9(1-6-13(12)18)14-8-20-15(19)21(14)11-4-2-10(17)3-5-11/h1-7,14H,8H2,(H2,19,20). The number of anilines is 1. The van der Waals surface area contributed by atoms with Crippen LogP contribution >= 0.6 is 15.9 Å². The van der Waals surface area contributed by atoms with Crippen LogP contribution in [0.2, 0.25) is 0 Å². The van der Waals surface area contributed by atoms with Gasteiger partial charge in [-0.2, -0.15) is 0 Å². The molecule has 108 valence electrons. The summed E-state index contributed by atoms with van der Waals surface area (Å²) in [4.78, 5) is 6.06. The lowest BCUT2D eigenvalue weighted by Crippen LogP contribution is -2.36. The summed E-state index contributed by atoms with van der Waals surface area (Å²) < 4.78 is 26.8. The lowest BCUT2D eigenvalue weighted by atomic mass is 10.1. The summed E-state index contributed by atoms with van der Waals surface area (Å²) >= 11 is 3.18. The predicted octanol–water partition coefficient (Wildman–Crippen LogP) is 3.60. The molecular weight excluding hydrogens is 340 g/mol. The fraction of sp³-hybridized carbons (Fsp3) is 0.133. The molecule has 0 amide bonds. The van der Waals surface area contributed by atoms with Crippen LogP contribution in [0.3, 0.4) is 0 Å². The van der Waals surface area contributed by atoms with Gasteiger partial charge in [0.15, 0.2) is 5.96 Å². The first-order chi connectivity index (χ1) is 10.1. The van der Waals surface area contributed by atoms with Gasteiger partial charge in [0.25, 0.3) is 0 Å². The first kappa shape index (κ1) is 14.0. The smallest absolute Gasteiger partial charge is 0.196 e. The molecule has 2 aromatic carbocycles. The molecule has 0 spiro atoms. The third-order valence-corrected chi connectivity index (χ3v) is 4.03. The highest BCUT2D eigenvalue weighted by atomic mass is 79.9. The van der Waals surface area contributed by atoms with Crippen LogP contribution < -0.4 is 10.6 Å². The molecule has 1 aliphatic heterocycles. The van der Waals surface area contributed by atoms with E-state index in [4.69, 9.17) is 5.73 Å². The van der Waals surface area contributed by atoms with Gasteiger partial charge in [0.1, 0.15) is 11.6 Å². The number of rotatable bonds is 2. The van der Waals surface area contributed by atoms with E-state index in [0.717, 1.165) is 11.3 Å².